The molecule has 6 aliphatic rings. The van der Waals surface area contributed by atoms with E-state index in [4.69, 9.17) is 14.2 Å². The number of hydrogen-bond donors (Lipinski definition) is 2. The molecule has 9 heteroatoms. The standard InChI is InChI=1S/C34H43N3O6/c1-30(2)29-24(38)18-25-33(42-29,43-30)11-10-31(3)32(4)20(16-22-21-8-6-7-9-23(21)35-28(22)32)17-26(34(25,31)40)41-19-27(39)37-14-12-36(5)13-15-37/h6-9,18,20,26,29,35,40H,10-17,19H2,1-5H3/t20-,26+,29+,31-,32-,33?,34+/m1/s1. The number of piperazine rings is 1. The third kappa shape index (κ3) is 3.40. The summed E-state index contributed by atoms with van der Waals surface area (Å²) in [5.74, 6) is -1.29. The van der Waals surface area contributed by atoms with Crippen LogP contribution in [0.3, 0.4) is 0 Å². The number of hydrogen-bond acceptors (Lipinski definition) is 7. The van der Waals surface area contributed by atoms with Gasteiger partial charge in [-0.15, -0.1) is 0 Å². The second-order valence-corrected chi connectivity index (χ2v) is 14.9. The molecule has 2 aromatic rings. The summed E-state index contributed by atoms with van der Waals surface area (Å²) in [4.78, 5) is 34.8. The zero-order valence-electron chi connectivity index (χ0n) is 25.9. The normalized spacial score (nSPS) is 41.4. The Bertz CT molecular complexity index is 1570. The van der Waals surface area contributed by atoms with Gasteiger partial charge in [-0.2, -0.15) is 0 Å². The molecule has 8 rings (SSSR count). The summed E-state index contributed by atoms with van der Waals surface area (Å²) in [6.45, 7) is 11.1. The molecule has 2 bridgehead atoms. The molecule has 43 heavy (non-hydrogen) atoms. The smallest absolute Gasteiger partial charge is 0.248 e. The lowest BCUT2D eigenvalue weighted by atomic mass is 9.41. The quantitative estimate of drug-likeness (QED) is 0.567. The van der Waals surface area contributed by atoms with E-state index in [9.17, 15) is 14.7 Å². The van der Waals surface area contributed by atoms with Gasteiger partial charge in [0.25, 0.3) is 0 Å². The topological polar surface area (TPSA) is 104 Å². The molecule has 1 unspecified atom stereocenters. The monoisotopic (exact) mass is 589 g/mol. The van der Waals surface area contributed by atoms with E-state index < -0.39 is 40.0 Å². The molecule has 4 heterocycles. The summed E-state index contributed by atoms with van der Waals surface area (Å²) >= 11 is 0. The van der Waals surface area contributed by atoms with Gasteiger partial charge in [0.15, 0.2) is 17.7 Å². The number of carbonyl (C=O) groups excluding carboxylic acids is 2. The van der Waals surface area contributed by atoms with Crippen molar-refractivity contribution in [3.63, 3.8) is 0 Å². The molecule has 2 saturated heterocycles. The van der Waals surface area contributed by atoms with Crippen molar-refractivity contribution in [3.05, 3.63) is 47.2 Å². The molecule has 4 fully saturated rings. The number of carbonyl (C=O) groups is 2. The van der Waals surface area contributed by atoms with Crippen molar-refractivity contribution in [1.29, 1.82) is 0 Å². The van der Waals surface area contributed by atoms with Gasteiger partial charge in [-0.3, -0.25) is 9.59 Å². The highest BCUT2D eigenvalue weighted by molar-refractivity contribution is 5.97. The minimum atomic E-state index is -1.61. The number of aromatic amines is 1. The fourth-order valence-electron chi connectivity index (χ4n) is 9.91. The van der Waals surface area contributed by atoms with Gasteiger partial charge in [0.05, 0.1) is 6.10 Å². The number of likely N-dealkylation sites (N-methyl/N-ethyl adjacent to an activating group) is 1. The summed E-state index contributed by atoms with van der Waals surface area (Å²) in [7, 11) is 2.06. The Kier molecular flexibility index (Phi) is 5.71. The Balaban J connectivity index is 1.24. The molecule has 9 nitrogen and oxygen atoms in total. The van der Waals surface area contributed by atoms with Crippen molar-refractivity contribution in [2.75, 3.05) is 39.8 Å². The average molecular weight is 590 g/mol. The summed E-state index contributed by atoms with van der Waals surface area (Å²) in [6, 6.07) is 8.40. The van der Waals surface area contributed by atoms with Gasteiger partial charge in [-0.05, 0) is 63.8 Å². The van der Waals surface area contributed by atoms with Gasteiger partial charge in [0.2, 0.25) is 5.91 Å². The molecule has 7 atom stereocenters. The number of benzene rings is 1. The van der Waals surface area contributed by atoms with E-state index in [0.29, 0.717) is 37.9 Å². The number of ketones is 1. The van der Waals surface area contributed by atoms with Crippen molar-refractivity contribution in [1.82, 2.24) is 14.8 Å². The SMILES string of the molecule is CN1CCN(C(=O)CO[C@H]2C[C@H]3Cc4c([nH]c5ccccc45)[C@]3(C)[C@@]3(C)CCC45O[C@@H](C(=O)C=C4[C@]23O)C(C)(C)O5)CC1. The van der Waals surface area contributed by atoms with Crippen LogP contribution in [0.2, 0.25) is 0 Å². The zero-order valence-corrected chi connectivity index (χ0v) is 25.9. The number of nitrogens with one attached hydrogen (secondary N) is 1. The van der Waals surface area contributed by atoms with E-state index in [1.165, 1.54) is 10.9 Å². The van der Waals surface area contributed by atoms with E-state index in [0.717, 1.165) is 30.7 Å². The van der Waals surface area contributed by atoms with Crippen molar-refractivity contribution in [3.8, 4) is 0 Å². The molecule has 1 amide bonds. The van der Waals surface area contributed by atoms with Gasteiger partial charge in [0.1, 0.15) is 17.8 Å². The highest BCUT2D eigenvalue weighted by Crippen LogP contribution is 2.72. The van der Waals surface area contributed by atoms with E-state index in [1.54, 1.807) is 6.08 Å². The first-order chi connectivity index (χ1) is 20.3. The van der Waals surface area contributed by atoms with Gasteiger partial charge < -0.3 is 34.1 Å². The Morgan fingerprint density at radius 1 is 1.12 bits per heavy atom. The molecule has 3 aliphatic carbocycles. The summed E-state index contributed by atoms with van der Waals surface area (Å²) in [5, 5.41) is 14.6. The maximum Gasteiger partial charge on any atom is 0.248 e. The third-order valence-corrected chi connectivity index (χ3v) is 12.5. The Morgan fingerprint density at radius 3 is 2.63 bits per heavy atom. The van der Waals surface area contributed by atoms with Crippen LogP contribution >= 0.6 is 0 Å². The molecule has 1 spiro atoms. The van der Waals surface area contributed by atoms with Crippen LogP contribution in [-0.4, -0.2) is 101 Å². The summed E-state index contributed by atoms with van der Waals surface area (Å²) in [5.41, 5.74) is 0.378. The fourth-order valence-corrected chi connectivity index (χ4v) is 9.91. The minimum absolute atomic E-state index is 0.0665. The molecule has 2 N–H and O–H groups in total. The minimum Gasteiger partial charge on any atom is -0.382 e. The second-order valence-electron chi connectivity index (χ2n) is 14.9. The molecular formula is C34H43N3O6. The van der Waals surface area contributed by atoms with Crippen LogP contribution in [0.1, 0.15) is 58.2 Å². The molecule has 1 aromatic heterocycles. The number of para-hydroxylation sites is 1. The molecule has 0 radical (unpaired) electrons. The predicted molar refractivity (Wildman–Crippen MR) is 159 cm³/mol. The largest absolute Gasteiger partial charge is 0.382 e. The van der Waals surface area contributed by atoms with E-state index in [1.807, 2.05) is 24.8 Å². The highest BCUT2D eigenvalue weighted by Gasteiger charge is 2.78. The molecule has 230 valence electrons. The van der Waals surface area contributed by atoms with Gasteiger partial charge in [-0.25, -0.2) is 0 Å². The van der Waals surface area contributed by atoms with Crippen LogP contribution in [-0.2, 0) is 35.6 Å². The van der Waals surface area contributed by atoms with Crippen LogP contribution in [0.5, 0.6) is 0 Å². The number of H-pyrrole nitrogens is 1. The maximum atomic E-state index is 13.6. The Morgan fingerprint density at radius 2 is 1.86 bits per heavy atom. The lowest BCUT2D eigenvalue weighted by Gasteiger charge is -2.67. The number of ether oxygens (including phenoxy) is 3. The van der Waals surface area contributed by atoms with Gasteiger partial charge >= 0.3 is 0 Å². The van der Waals surface area contributed by atoms with Crippen LogP contribution < -0.4 is 0 Å². The Hall–Kier alpha value is -2.56. The predicted octanol–water partition coefficient (Wildman–Crippen LogP) is 3.09. The van der Waals surface area contributed by atoms with Gasteiger partial charge in [-0.1, -0.05) is 32.0 Å². The first kappa shape index (κ1) is 28.0. The molecule has 2 saturated carbocycles. The van der Waals surface area contributed by atoms with Crippen LogP contribution in [0, 0.1) is 11.3 Å². The number of amides is 1. The molecular weight excluding hydrogens is 546 g/mol. The molecule has 3 aliphatic heterocycles. The highest BCUT2D eigenvalue weighted by atomic mass is 16.8. The number of rotatable bonds is 3. The van der Waals surface area contributed by atoms with Crippen LogP contribution in [0.25, 0.3) is 10.9 Å². The van der Waals surface area contributed by atoms with Crippen LogP contribution in [0.15, 0.2) is 35.9 Å². The zero-order chi connectivity index (χ0) is 30.2. The fraction of sp³-hybridized carbons (Fsp3) is 0.647. The van der Waals surface area contributed by atoms with Gasteiger partial charge in [0, 0.05) is 65.6 Å². The number of aliphatic hydroxyl groups is 1. The second kappa shape index (κ2) is 8.79. The van der Waals surface area contributed by atoms with Crippen molar-refractivity contribution < 1.29 is 28.9 Å². The number of nitrogens with zero attached hydrogens (tertiary/aromatic N) is 2. The first-order valence-electron chi connectivity index (χ1n) is 15.9. The summed E-state index contributed by atoms with van der Waals surface area (Å²) in [6.07, 6.45) is 2.70. The van der Waals surface area contributed by atoms with Crippen molar-refractivity contribution in [2.24, 2.45) is 11.3 Å². The third-order valence-electron chi connectivity index (χ3n) is 12.5. The van der Waals surface area contributed by atoms with Crippen molar-refractivity contribution >= 4 is 22.6 Å². The number of aromatic nitrogens is 1. The van der Waals surface area contributed by atoms with E-state index >= 15 is 0 Å². The van der Waals surface area contributed by atoms with E-state index in [-0.39, 0.29) is 24.2 Å². The lowest BCUT2D eigenvalue weighted by Crippen LogP contribution is -2.75. The average Bonchev–Trinajstić information content (AvgIpc) is 3.56. The van der Waals surface area contributed by atoms with E-state index in [2.05, 4.69) is 49.0 Å². The lowest BCUT2D eigenvalue weighted by molar-refractivity contribution is -0.280. The summed E-state index contributed by atoms with van der Waals surface area (Å²) < 4.78 is 19.7. The van der Waals surface area contributed by atoms with Crippen LogP contribution in [0.4, 0.5) is 0 Å². The molecule has 1 aromatic carbocycles. The van der Waals surface area contributed by atoms with Crippen molar-refractivity contribution in [2.45, 2.75) is 88.0 Å². The number of fused-ring (bicyclic) bond motifs is 9. The first-order valence-corrected chi connectivity index (χ1v) is 15.9. The maximum absolute atomic E-state index is 13.6. The Labute approximate surface area is 252 Å².